The summed E-state index contributed by atoms with van der Waals surface area (Å²) in [5.41, 5.74) is 6.16. The first-order valence-electron chi connectivity index (χ1n) is 12.7. The molecule has 2 aliphatic heterocycles. The van der Waals surface area contributed by atoms with E-state index in [1.165, 1.54) is 17.3 Å². The van der Waals surface area contributed by atoms with Crippen molar-refractivity contribution >= 4 is 46.0 Å². The van der Waals surface area contributed by atoms with Crippen LogP contribution < -0.4 is 9.91 Å². The number of amides is 1. The minimum atomic E-state index is -0.259. The van der Waals surface area contributed by atoms with E-state index in [0.29, 0.717) is 10.1 Å². The number of thioether (sulfide) groups is 1. The van der Waals surface area contributed by atoms with Gasteiger partial charge in [0.05, 0.1) is 22.3 Å². The highest BCUT2D eigenvalue weighted by molar-refractivity contribution is 8.18. The molecule has 1 N–H and O–H groups in total. The Morgan fingerprint density at radius 1 is 0.897 bits per heavy atom. The van der Waals surface area contributed by atoms with Crippen molar-refractivity contribution in [2.75, 3.05) is 17.0 Å². The van der Waals surface area contributed by atoms with Gasteiger partial charge >= 0.3 is 0 Å². The van der Waals surface area contributed by atoms with Gasteiger partial charge in [-0.1, -0.05) is 72.8 Å². The van der Waals surface area contributed by atoms with Crippen molar-refractivity contribution in [1.82, 2.24) is 0 Å². The zero-order chi connectivity index (χ0) is 26.8. The molecule has 2 heterocycles. The molecule has 4 aromatic rings. The van der Waals surface area contributed by atoms with Crippen LogP contribution in [0, 0.1) is 0 Å². The van der Waals surface area contributed by atoms with Crippen LogP contribution in [0.3, 0.4) is 0 Å². The Morgan fingerprint density at radius 2 is 1.56 bits per heavy atom. The number of carbonyl (C=O) groups excluding carboxylic acids is 1. The van der Waals surface area contributed by atoms with Crippen molar-refractivity contribution in [2.24, 2.45) is 10.1 Å². The molecule has 2 aliphatic rings. The first-order chi connectivity index (χ1) is 19.0. The molecular weight excluding hydrogens is 504 g/mol. The number of hydrogen-bond donors (Lipinski definition) is 1. The van der Waals surface area contributed by atoms with Gasteiger partial charge in [0.15, 0.2) is 5.17 Å². The molecular formula is C32H26N4O2S. The van der Waals surface area contributed by atoms with Crippen molar-refractivity contribution < 1.29 is 9.90 Å². The second kappa shape index (κ2) is 10.6. The van der Waals surface area contributed by atoms with Crippen molar-refractivity contribution in [2.45, 2.75) is 12.5 Å². The predicted octanol–water partition coefficient (Wildman–Crippen LogP) is 6.85. The predicted molar refractivity (Wildman–Crippen MR) is 160 cm³/mol. The van der Waals surface area contributed by atoms with Gasteiger partial charge in [-0.2, -0.15) is 10.1 Å². The molecule has 192 valence electrons. The number of rotatable bonds is 5. The molecule has 6 rings (SSSR count). The van der Waals surface area contributed by atoms with Crippen LogP contribution in [-0.2, 0) is 4.79 Å². The first-order valence-corrected chi connectivity index (χ1v) is 13.5. The van der Waals surface area contributed by atoms with Gasteiger partial charge in [-0.25, -0.2) is 0 Å². The van der Waals surface area contributed by atoms with Gasteiger partial charge in [0.25, 0.3) is 5.91 Å². The van der Waals surface area contributed by atoms with E-state index in [0.717, 1.165) is 34.6 Å². The molecule has 0 bridgehead atoms. The maximum atomic E-state index is 12.7. The van der Waals surface area contributed by atoms with Gasteiger partial charge in [-0.15, -0.1) is 0 Å². The minimum Gasteiger partial charge on any atom is -0.508 e. The lowest BCUT2D eigenvalue weighted by Gasteiger charge is -2.24. The lowest BCUT2D eigenvalue weighted by atomic mass is 9.98. The summed E-state index contributed by atoms with van der Waals surface area (Å²) in [7, 11) is 1.85. The Labute approximate surface area is 231 Å². The number of nitrogens with zero attached hydrogens (tertiary/aromatic N) is 4. The van der Waals surface area contributed by atoms with Gasteiger partial charge in [0.1, 0.15) is 5.75 Å². The molecule has 39 heavy (non-hydrogen) atoms. The number of amidine groups is 1. The molecule has 0 fully saturated rings. The second-order valence-electron chi connectivity index (χ2n) is 9.37. The fraction of sp³-hybridized carbons (Fsp3) is 0.0938. The molecule has 6 nitrogen and oxygen atoms in total. The molecule has 0 aromatic heterocycles. The molecule has 4 aromatic carbocycles. The van der Waals surface area contributed by atoms with E-state index in [1.807, 2.05) is 66.6 Å². The Hall–Kier alpha value is -4.62. The van der Waals surface area contributed by atoms with Crippen LogP contribution >= 0.6 is 11.8 Å². The van der Waals surface area contributed by atoms with Crippen LogP contribution in [0.5, 0.6) is 5.75 Å². The number of aromatic hydroxyl groups is 1. The van der Waals surface area contributed by atoms with E-state index in [-0.39, 0.29) is 17.7 Å². The van der Waals surface area contributed by atoms with Gasteiger partial charge in [0.2, 0.25) is 0 Å². The van der Waals surface area contributed by atoms with Crippen molar-refractivity contribution in [3.63, 3.8) is 0 Å². The maximum absolute atomic E-state index is 12.7. The average molecular weight is 531 g/mol. The van der Waals surface area contributed by atoms with Gasteiger partial charge in [-0.3, -0.25) is 9.80 Å². The largest absolute Gasteiger partial charge is 0.508 e. The Balaban J connectivity index is 1.23. The van der Waals surface area contributed by atoms with Crippen LogP contribution in [0.25, 0.3) is 6.08 Å². The molecule has 1 atom stereocenters. The van der Waals surface area contributed by atoms with Crippen molar-refractivity contribution in [1.29, 1.82) is 0 Å². The van der Waals surface area contributed by atoms with E-state index in [9.17, 15) is 9.90 Å². The lowest BCUT2D eigenvalue weighted by molar-refractivity contribution is -0.113. The maximum Gasteiger partial charge on any atom is 0.286 e. The second-order valence-corrected chi connectivity index (χ2v) is 10.4. The molecule has 1 amide bonds. The average Bonchev–Trinajstić information content (AvgIpc) is 3.59. The minimum absolute atomic E-state index is 0.101. The van der Waals surface area contributed by atoms with Crippen molar-refractivity contribution in [3.8, 4) is 5.75 Å². The number of carbonyl (C=O) groups is 1. The van der Waals surface area contributed by atoms with Crippen LogP contribution in [0.15, 0.2) is 124 Å². The third-order valence-electron chi connectivity index (χ3n) is 6.79. The van der Waals surface area contributed by atoms with Crippen LogP contribution in [0.1, 0.15) is 29.2 Å². The van der Waals surface area contributed by atoms with Gasteiger partial charge in [-0.05, 0) is 70.9 Å². The Bertz CT molecular complexity index is 1580. The van der Waals surface area contributed by atoms with E-state index in [2.05, 4.69) is 46.4 Å². The SMILES string of the molecule is CN(C1=NC(=O)/C(=C/c2ccc(N3N=C(c4ccccc4)CC3c3ccccc3)cc2)S1)c1ccc(O)cc1. The molecule has 7 heteroatoms. The smallest absolute Gasteiger partial charge is 0.286 e. The fourth-order valence-electron chi connectivity index (χ4n) is 4.69. The number of hydrazone groups is 1. The van der Waals surface area contributed by atoms with Crippen molar-refractivity contribution in [3.05, 3.63) is 131 Å². The van der Waals surface area contributed by atoms with E-state index in [4.69, 9.17) is 5.10 Å². The summed E-state index contributed by atoms with van der Waals surface area (Å²) in [5, 5.41) is 17.3. The van der Waals surface area contributed by atoms with Gasteiger partial charge in [0, 0.05) is 19.2 Å². The number of phenols is 1. The zero-order valence-corrected chi connectivity index (χ0v) is 22.1. The Kier molecular flexibility index (Phi) is 6.73. The summed E-state index contributed by atoms with van der Waals surface area (Å²) in [4.78, 5) is 19.3. The number of phenolic OH excluding ortho intramolecular Hbond substituents is 1. The first kappa shape index (κ1) is 24.7. The molecule has 1 unspecified atom stereocenters. The van der Waals surface area contributed by atoms with Crippen LogP contribution in [-0.4, -0.2) is 28.9 Å². The van der Waals surface area contributed by atoms with Crippen LogP contribution in [0.2, 0.25) is 0 Å². The van der Waals surface area contributed by atoms with E-state index >= 15 is 0 Å². The standard InChI is InChI=1S/C32H26N4O2S/c1-35(25-16-18-27(37)19-17-25)32-33-31(38)30(39-32)20-22-12-14-26(15-13-22)36-29(24-10-6-3-7-11-24)21-28(34-36)23-8-4-2-5-9-23/h2-20,29,37H,21H2,1H3/b30-20-. The third-order valence-corrected chi connectivity index (χ3v) is 7.85. The highest BCUT2D eigenvalue weighted by Crippen LogP contribution is 2.37. The number of aliphatic imine (C=N–C) groups is 1. The van der Waals surface area contributed by atoms with E-state index < -0.39 is 0 Å². The quantitative estimate of drug-likeness (QED) is 0.286. The molecule has 0 aliphatic carbocycles. The highest BCUT2D eigenvalue weighted by atomic mass is 32.2. The molecule has 0 spiro atoms. The van der Waals surface area contributed by atoms with Crippen LogP contribution in [0.4, 0.5) is 11.4 Å². The number of anilines is 2. The number of benzene rings is 4. The number of hydrogen-bond acceptors (Lipinski definition) is 6. The third kappa shape index (κ3) is 5.22. The topological polar surface area (TPSA) is 68.5 Å². The molecule has 0 saturated heterocycles. The molecule has 0 saturated carbocycles. The summed E-state index contributed by atoms with van der Waals surface area (Å²) < 4.78 is 0. The van der Waals surface area contributed by atoms with E-state index in [1.54, 1.807) is 24.3 Å². The Morgan fingerprint density at radius 3 is 2.26 bits per heavy atom. The zero-order valence-electron chi connectivity index (χ0n) is 21.3. The summed E-state index contributed by atoms with van der Waals surface area (Å²) in [6, 6.07) is 35.8. The normalized spacial score (nSPS) is 17.9. The molecule has 0 radical (unpaired) electrons. The monoisotopic (exact) mass is 530 g/mol. The highest BCUT2D eigenvalue weighted by Gasteiger charge is 2.30. The fourth-order valence-corrected chi connectivity index (χ4v) is 5.59. The summed E-state index contributed by atoms with van der Waals surface area (Å²) in [5.74, 6) is -0.0650. The summed E-state index contributed by atoms with van der Waals surface area (Å²) in [6.07, 6.45) is 2.69. The summed E-state index contributed by atoms with van der Waals surface area (Å²) >= 11 is 1.34. The summed E-state index contributed by atoms with van der Waals surface area (Å²) in [6.45, 7) is 0. The lowest BCUT2D eigenvalue weighted by Crippen LogP contribution is -2.21. The van der Waals surface area contributed by atoms with Gasteiger partial charge < -0.3 is 10.0 Å².